The van der Waals surface area contributed by atoms with E-state index in [0.29, 0.717) is 16.8 Å². The van der Waals surface area contributed by atoms with Gasteiger partial charge in [0, 0.05) is 16.7 Å². The first-order chi connectivity index (χ1) is 13.6. The van der Waals surface area contributed by atoms with Gasteiger partial charge in [-0.1, -0.05) is 52.9 Å². The van der Waals surface area contributed by atoms with Crippen molar-refractivity contribution in [2.45, 2.75) is 51.0 Å². The fourth-order valence-corrected chi connectivity index (χ4v) is 4.57. The monoisotopic (exact) mass is 461 g/mol. The van der Waals surface area contributed by atoms with Gasteiger partial charge in [0.15, 0.2) is 0 Å². The van der Waals surface area contributed by atoms with Gasteiger partial charge in [-0.3, -0.25) is 4.40 Å². The van der Waals surface area contributed by atoms with Gasteiger partial charge in [0.25, 0.3) is 0 Å². The van der Waals surface area contributed by atoms with Gasteiger partial charge in [0.1, 0.15) is 17.2 Å². The minimum atomic E-state index is 0.534. The molecule has 0 bridgehead atoms. The Balaban J connectivity index is 1.59. The predicted molar refractivity (Wildman–Crippen MR) is 119 cm³/mol. The zero-order chi connectivity index (χ0) is 19.5. The van der Waals surface area contributed by atoms with Crippen LogP contribution in [0.4, 0.5) is 5.82 Å². The van der Waals surface area contributed by atoms with Crippen LogP contribution < -0.4 is 10.1 Å². The average Bonchev–Trinajstić information content (AvgIpc) is 3.03. The van der Waals surface area contributed by atoms with E-state index >= 15 is 0 Å². The van der Waals surface area contributed by atoms with Crippen LogP contribution in [0.3, 0.4) is 0 Å². The number of aromatic nitrogens is 2. The SMILES string of the molecule is COc1ccc(CCc2nc3cc(Br)ccn3c2NC2CCCCC2)cc1Cl. The standard InChI is InChI=1S/C22H25BrClN3O/c1-28-20-10-8-15(13-18(20)24)7-9-19-22(25-17-5-3-2-4-6-17)27-12-11-16(23)14-21(27)26-19/h8,10-14,17,25H,2-7,9H2,1H3. The zero-order valence-electron chi connectivity index (χ0n) is 16.0. The van der Waals surface area contributed by atoms with Crippen molar-refractivity contribution >= 4 is 39.0 Å². The van der Waals surface area contributed by atoms with E-state index < -0.39 is 0 Å². The Morgan fingerprint density at radius 3 is 2.75 bits per heavy atom. The van der Waals surface area contributed by atoms with Gasteiger partial charge in [-0.25, -0.2) is 4.98 Å². The van der Waals surface area contributed by atoms with E-state index in [9.17, 15) is 0 Å². The summed E-state index contributed by atoms with van der Waals surface area (Å²) >= 11 is 9.85. The number of ether oxygens (including phenoxy) is 1. The summed E-state index contributed by atoms with van der Waals surface area (Å²) in [6, 6.07) is 10.7. The number of anilines is 1. The van der Waals surface area contributed by atoms with Gasteiger partial charge in [-0.2, -0.15) is 0 Å². The average molecular weight is 463 g/mol. The predicted octanol–water partition coefficient (Wildman–Crippen LogP) is 6.29. The molecule has 1 aromatic carbocycles. The van der Waals surface area contributed by atoms with Crippen molar-refractivity contribution in [3.63, 3.8) is 0 Å². The number of benzene rings is 1. The summed E-state index contributed by atoms with van der Waals surface area (Å²) in [6.07, 6.45) is 10.3. The molecule has 3 aromatic rings. The van der Waals surface area contributed by atoms with Gasteiger partial charge < -0.3 is 10.1 Å². The van der Waals surface area contributed by atoms with Crippen LogP contribution >= 0.6 is 27.5 Å². The summed E-state index contributed by atoms with van der Waals surface area (Å²) in [6.45, 7) is 0. The molecule has 1 aliphatic carbocycles. The lowest BCUT2D eigenvalue weighted by atomic mass is 9.95. The molecule has 0 unspecified atom stereocenters. The van der Waals surface area contributed by atoms with Crippen LogP contribution in [0.1, 0.15) is 43.4 Å². The Labute approximate surface area is 179 Å². The smallest absolute Gasteiger partial charge is 0.139 e. The molecule has 1 N–H and O–H groups in total. The third kappa shape index (κ3) is 4.31. The van der Waals surface area contributed by atoms with Crippen LogP contribution in [0, 0.1) is 0 Å². The third-order valence-corrected chi connectivity index (χ3v) is 6.26. The summed E-state index contributed by atoms with van der Waals surface area (Å²) in [5.74, 6) is 1.84. The number of imidazole rings is 1. The van der Waals surface area contributed by atoms with E-state index in [1.807, 2.05) is 12.1 Å². The highest BCUT2D eigenvalue weighted by atomic mass is 79.9. The second-order valence-corrected chi connectivity index (χ2v) is 8.75. The van der Waals surface area contributed by atoms with Crippen molar-refractivity contribution in [2.24, 2.45) is 0 Å². The second-order valence-electron chi connectivity index (χ2n) is 7.43. The molecule has 2 heterocycles. The van der Waals surface area contributed by atoms with Crippen LogP contribution in [0.15, 0.2) is 41.0 Å². The number of rotatable bonds is 6. The van der Waals surface area contributed by atoms with Crippen molar-refractivity contribution < 1.29 is 4.74 Å². The maximum absolute atomic E-state index is 6.29. The topological polar surface area (TPSA) is 38.6 Å². The van der Waals surface area contributed by atoms with Crippen LogP contribution in [-0.2, 0) is 12.8 Å². The summed E-state index contributed by atoms with van der Waals surface area (Å²) in [7, 11) is 1.64. The lowest BCUT2D eigenvalue weighted by molar-refractivity contribution is 0.415. The molecule has 0 amide bonds. The molecule has 4 rings (SSSR count). The van der Waals surface area contributed by atoms with E-state index in [4.69, 9.17) is 21.3 Å². The van der Waals surface area contributed by atoms with Crippen LogP contribution in [-0.4, -0.2) is 22.5 Å². The van der Waals surface area contributed by atoms with E-state index in [-0.39, 0.29) is 0 Å². The van der Waals surface area contributed by atoms with Gasteiger partial charge in [0.05, 0.1) is 17.8 Å². The highest BCUT2D eigenvalue weighted by Crippen LogP contribution is 2.29. The molecule has 1 fully saturated rings. The van der Waals surface area contributed by atoms with Gasteiger partial charge in [0.2, 0.25) is 0 Å². The fourth-order valence-electron chi connectivity index (χ4n) is 3.96. The highest BCUT2D eigenvalue weighted by molar-refractivity contribution is 9.10. The molecule has 0 aliphatic heterocycles. The van der Waals surface area contributed by atoms with Crippen LogP contribution in [0.5, 0.6) is 5.75 Å². The molecule has 0 saturated heterocycles. The Hall–Kier alpha value is -1.72. The molecule has 1 saturated carbocycles. The minimum absolute atomic E-state index is 0.534. The number of aryl methyl sites for hydroxylation is 2. The van der Waals surface area contributed by atoms with Gasteiger partial charge >= 0.3 is 0 Å². The molecule has 4 nitrogen and oxygen atoms in total. The summed E-state index contributed by atoms with van der Waals surface area (Å²) in [4.78, 5) is 4.92. The number of methoxy groups -OCH3 is 1. The third-order valence-electron chi connectivity index (χ3n) is 5.47. The first-order valence-electron chi connectivity index (χ1n) is 9.89. The number of fused-ring (bicyclic) bond motifs is 1. The van der Waals surface area contributed by atoms with E-state index in [1.165, 1.54) is 37.7 Å². The summed E-state index contributed by atoms with van der Waals surface area (Å²) < 4.78 is 8.48. The molecule has 28 heavy (non-hydrogen) atoms. The number of halogens is 2. The second kappa shape index (κ2) is 8.75. The largest absolute Gasteiger partial charge is 0.495 e. The molecule has 0 atom stereocenters. The lowest BCUT2D eigenvalue weighted by Gasteiger charge is -2.24. The van der Waals surface area contributed by atoms with E-state index in [2.05, 4.69) is 50.0 Å². The van der Waals surface area contributed by atoms with Gasteiger partial charge in [-0.05, 0) is 55.5 Å². The summed E-state index contributed by atoms with van der Waals surface area (Å²) in [5, 5.41) is 4.45. The van der Waals surface area contributed by atoms with Crippen molar-refractivity contribution in [2.75, 3.05) is 12.4 Å². The quantitative estimate of drug-likeness (QED) is 0.468. The molecular formula is C22H25BrClN3O. The zero-order valence-corrected chi connectivity index (χ0v) is 18.4. The Morgan fingerprint density at radius 1 is 1.18 bits per heavy atom. The Morgan fingerprint density at radius 2 is 2.00 bits per heavy atom. The van der Waals surface area contributed by atoms with Crippen LogP contribution in [0.2, 0.25) is 5.02 Å². The molecule has 2 aromatic heterocycles. The minimum Gasteiger partial charge on any atom is -0.495 e. The Kier molecular flexibility index (Phi) is 6.12. The van der Waals surface area contributed by atoms with Crippen molar-refractivity contribution in [1.29, 1.82) is 0 Å². The number of pyridine rings is 1. The summed E-state index contributed by atoms with van der Waals surface area (Å²) in [5.41, 5.74) is 3.26. The van der Waals surface area contributed by atoms with E-state index in [1.54, 1.807) is 7.11 Å². The van der Waals surface area contributed by atoms with Crippen molar-refractivity contribution in [3.8, 4) is 5.75 Å². The number of nitrogens with one attached hydrogen (secondary N) is 1. The molecule has 0 spiro atoms. The number of hydrogen-bond acceptors (Lipinski definition) is 3. The molecule has 6 heteroatoms. The first-order valence-corrected chi connectivity index (χ1v) is 11.1. The molecule has 1 aliphatic rings. The molecule has 0 radical (unpaired) electrons. The maximum Gasteiger partial charge on any atom is 0.139 e. The normalized spacial score (nSPS) is 15.1. The number of nitrogens with zero attached hydrogens (tertiary/aromatic N) is 2. The van der Waals surface area contributed by atoms with E-state index in [0.717, 1.165) is 34.5 Å². The van der Waals surface area contributed by atoms with Gasteiger partial charge in [-0.15, -0.1) is 0 Å². The molecular weight excluding hydrogens is 438 g/mol. The lowest BCUT2D eigenvalue weighted by Crippen LogP contribution is -2.23. The number of hydrogen-bond donors (Lipinski definition) is 1. The Bertz CT molecular complexity index is 966. The highest BCUT2D eigenvalue weighted by Gasteiger charge is 2.19. The van der Waals surface area contributed by atoms with Crippen molar-refractivity contribution in [3.05, 3.63) is 57.3 Å². The first kappa shape index (κ1) is 19.6. The van der Waals surface area contributed by atoms with Crippen LogP contribution in [0.25, 0.3) is 5.65 Å². The van der Waals surface area contributed by atoms with Crippen molar-refractivity contribution in [1.82, 2.24) is 9.38 Å². The fraction of sp³-hybridized carbons (Fsp3) is 0.409. The maximum atomic E-state index is 6.29. The molecule has 148 valence electrons.